The third kappa shape index (κ3) is 5.39. The van der Waals surface area contributed by atoms with Crippen molar-refractivity contribution in [2.45, 2.75) is 13.5 Å². The topological polar surface area (TPSA) is 96.0 Å². The fraction of sp³-hybridized carbons (Fsp3) is 0.118. The Bertz CT molecular complexity index is 968. The minimum atomic E-state index is -0.285. The number of anilines is 1. The lowest BCUT2D eigenvalue weighted by Crippen LogP contribution is -2.34. The second-order valence-corrected chi connectivity index (χ2v) is 7.56. The van der Waals surface area contributed by atoms with Gasteiger partial charge in [-0.25, -0.2) is 9.97 Å². The Hall–Kier alpha value is -2.69. The van der Waals surface area contributed by atoms with Crippen molar-refractivity contribution >= 4 is 56.9 Å². The van der Waals surface area contributed by atoms with Gasteiger partial charge in [-0.15, -0.1) is 22.7 Å². The fourth-order valence-electron chi connectivity index (χ4n) is 2.05. The number of rotatable bonds is 5. The van der Waals surface area contributed by atoms with E-state index in [2.05, 4.69) is 25.9 Å². The quantitative estimate of drug-likeness (QED) is 0.552. The molecule has 2 amide bonds. The smallest absolute Gasteiger partial charge is 0.257 e. The molecule has 0 bridgehead atoms. The van der Waals surface area contributed by atoms with Crippen LogP contribution in [0.4, 0.5) is 5.13 Å². The van der Waals surface area contributed by atoms with E-state index >= 15 is 0 Å². The van der Waals surface area contributed by atoms with Gasteiger partial charge < -0.3 is 10.6 Å². The van der Waals surface area contributed by atoms with Crippen LogP contribution < -0.4 is 16.0 Å². The zero-order valence-corrected chi connectivity index (χ0v) is 16.6. The summed E-state index contributed by atoms with van der Waals surface area (Å²) in [4.78, 5) is 31.9. The summed E-state index contributed by atoms with van der Waals surface area (Å²) in [5.74, 6) is -0.384. The van der Waals surface area contributed by atoms with Gasteiger partial charge in [-0.1, -0.05) is 18.2 Å². The summed E-state index contributed by atoms with van der Waals surface area (Å²) < 4.78 is 0. The molecule has 0 atom stereocenters. The number of aromatic nitrogens is 2. The van der Waals surface area contributed by atoms with Gasteiger partial charge >= 0.3 is 0 Å². The van der Waals surface area contributed by atoms with Gasteiger partial charge in [0.05, 0.1) is 6.54 Å². The highest BCUT2D eigenvalue weighted by molar-refractivity contribution is 7.80. The molecule has 0 spiro atoms. The second-order valence-electron chi connectivity index (χ2n) is 5.35. The Morgan fingerprint density at radius 3 is 2.52 bits per heavy atom. The number of thiazole rings is 2. The van der Waals surface area contributed by atoms with Crippen molar-refractivity contribution in [3.63, 3.8) is 0 Å². The molecule has 7 nitrogen and oxygen atoms in total. The number of carbonyl (C=O) groups is 2. The molecule has 3 aromatic rings. The first-order valence-corrected chi connectivity index (χ1v) is 10.00. The van der Waals surface area contributed by atoms with Crippen LogP contribution in [0.2, 0.25) is 0 Å². The van der Waals surface area contributed by atoms with Crippen molar-refractivity contribution in [3.05, 3.63) is 51.7 Å². The molecule has 27 heavy (non-hydrogen) atoms. The molecule has 0 aliphatic carbocycles. The molecule has 3 rings (SSSR count). The minimum Gasteiger partial charge on any atom is -0.350 e. The van der Waals surface area contributed by atoms with Crippen LogP contribution in [-0.2, 0) is 11.3 Å². The number of benzene rings is 1. The Morgan fingerprint density at radius 1 is 1.07 bits per heavy atom. The number of carbonyl (C=O) groups excluding carboxylic acids is 2. The molecule has 0 radical (unpaired) electrons. The fourth-order valence-corrected chi connectivity index (χ4v) is 3.74. The average molecular weight is 418 g/mol. The van der Waals surface area contributed by atoms with Gasteiger partial charge in [0.2, 0.25) is 5.91 Å². The van der Waals surface area contributed by atoms with Crippen molar-refractivity contribution in [1.29, 1.82) is 0 Å². The lowest BCUT2D eigenvalue weighted by Gasteiger charge is -2.06. The van der Waals surface area contributed by atoms with Crippen LogP contribution >= 0.6 is 34.9 Å². The highest BCUT2D eigenvalue weighted by atomic mass is 32.1. The SMILES string of the molecule is CC(=O)NCc1nc(-c2csc(NC(=S)NC(=O)c3ccccc3)n2)cs1. The molecule has 0 saturated carbocycles. The van der Waals surface area contributed by atoms with E-state index in [1.54, 1.807) is 24.3 Å². The van der Waals surface area contributed by atoms with Crippen molar-refractivity contribution in [2.24, 2.45) is 0 Å². The van der Waals surface area contributed by atoms with Gasteiger partial charge in [0.1, 0.15) is 16.4 Å². The number of thiocarbonyl (C=S) groups is 1. The van der Waals surface area contributed by atoms with E-state index in [9.17, 15) is 9.59 Å². The maximum Gasteiger partial charge on any atom is 0.257 e. The molecular formula is C17H15N5O2S3. The second kappa shape index (κ2) is 8.80. The summed E-state index contributed by atoms with van der Waals surface area (Å²) in [6.07, 6.45) is 0. The molecule has 1 aromatic carbocycles. The van der Waals surface area contributed by atoms with E-state index in [1.165, 1.54) is 29.6 Å². The van der Waals surface area contributed by atoms with Crippen LogP contribution in [0.5, 0.6) is 0 Å². The molecule has 0 saturated heterocycles. The Morgan fingerprint density at radius 2 is 1.78 bits per heavy atom. The van der Waals surface area contributed by atoms with Gasteiger partial charge in [-0.2, -0.15) is 0 Å². The van der Waals surface area contributed by atoms with Crippen LogP contribution in [0.1, 0.15) is 22.3 Å². The van der Waals surface area contributed by atoms with Crippen LogP contribution in [0, 0.1) is 0 Å². The maximum atomic E-state index is 12.1. The lowest BCUT2D eigenvalue weighted by molar-refractivity contribution is -0.119. The maximum absolute atomic E-state index is 12.1. The van der Waals surface area contributed by atoms with E-state index in [0.717, 1.165) is 10.7 Å². The lowest BCUT2D eigenvalue weighted by atomic mass is 10.2. The van der Waals surface area contributed by atoms with E-state index in [4.69, 9.17) is 12.2 Å². The third-order valence-electron chi connectivity index (χ3n) is 3.29. The molecule has 0 aliphatic rings. The number of hydrogen-bond donors (Lipinski definition) is 3. The Labute approximate surface area is 168 Å². The molecule has 3 N–H and O–H groups in total. The minimum absolute atomic E-state index is 0.0991. The average Bonchev–Trinajstić information content (AvgIpc) is 3.29. The predicted molar refractivity (Wildman–Crippen MR) is 111 cm³/mol. The normalized spacial score (nSPS) is 10.3. The zero-order valence-electron chi connectivity index (χ0n) is 14.2. The van der Waals surface area contributed by atoms with E-state index in [-0.39, 0.29) is 16.9 Å². The molecule has 2 heterocycles. The molecule has 0 unspecified atom stereocenters. The van der Waals surface area contributed by atoms with E-state index < -0.39 is 0 Å². The largest absolute Gasteiger partial charge is 0.350 e. The standard InChI is InChI=1S/C17H15N5O2S3/c1-10(23)18-7-14-19-12(8-26-14)13-9-27-17(20-13)22-16(25)21-15(24)11-5-3-2-4-6-11/h2-6,8-9H,7H2,1H3,(H,18,23)(H2,20,21,22,24,25). The van der Waals surface area contributed by atoms with Crippen LogP contribution in [0.15, 0.2) is 41.1 Å². The van der Waals surface area contributed by atoms with Crippen molar-refractivity contribution in [1.82, 2.24) is 20.6 Å². The number of amides is 2. The number of nitrogens with zero attached hydrogens (tertiary/aromatic N) is 2. The number of hydrogen-bond acceptors (Lipinski definition) is 7. The predicted octanol–water partition coefficient (Wildman–Crippen LogP) is 3.03. The van der Waals surface area contributed by atoms with Crippen molar-refractivity contribution in [2.75, 3.05) is 5.32 Å². The van der Waals surface area contributed by atoms with Crippen molar-refractivity contribution < 1.29 is 9.59 Å². The van der Waals surface area contributed by atoms with Gasteiger partial charge in [-0.05, 0) is 24.4 Å². The van der Waals surface area contributed by atoms with Crippen molar-refractivity contribution in [3.8, 4) is 11.4 Å². The summed E-state index contributed by atoms with van der Waals surface area (Å²) in [6, 6.07) is 8.82. The molecule has 138 valence electrons. The summed E-state index contributed by atoms with van der Waals surface area (Å²) in [7, 11) is 0. The monoisotopic (exact) mass is 417 g/mol. The third-order valence-corrected chi connectivity index (χ3v) is 5.10. The molecule has 0 fully saturated rings. The zero-order chi connectivity index (χ0) is 19.2. The molecule has 0 aliphatic heterocycles. The van der Waals surface area contributed by atoms with Gasteiger partial charge in [0.25, 0.3) is 5.91 Å². The highest BCUT2D eigenvalue weighted by Crippen LogP contribution is 2.26. The Balaban J connectivity index is 1.58. The summed E-state index contributed by atoms with van der Waals surface area (Å²) in [6.45, 7) is 1.86. The van der Waals surface area contributed by atoms with Crippen LogP contribution in [-0.4, -0.2) is 26.9 Å². The molecular weight excluding hydrogens is 402 g/mol. The first-order valence-electron chi connectivity index (χ1n) is 7.83. The number of nitrogens with one attached hydrogen (secondary N) is 3. The van der Waals surface area contributed by atoms with Crippen LogP contribution in [0.25, 0.3) is 11.4 Å². The van der Waals surface area contributed by atoms with Gasteiger partial charge in [0, 0.05) is 23.2 Å². The molecule has 10 heteroatoms. The summed E-state index contributed by atoms with van der Waals surface area (Å²) in [5.41, 5.74) is 1.95. The van der Waals surface area contributed by atoms with Gasteiger partial charge in [-0.3, -0.25) is 14.9 Å². The van der Waals surface area contributed by atoms with Gasteiger partial charge in [0.15, 0.2) is 10.2 Å². The highest BCUT2D eigenvalue weighted by Gasteiger charge is 2.12. The first-order chi connectivity index (χ1) is 13.0. The van der Waals surface area contributed by atoms with Crippen LogP contribution in [0.3, 0.4) is 0 Å². The summed E-state index contributed by atoms with van der Waals surface area (Å²) >= 11 is 7.98. The molecule has 2 aromatic heterocycles. The summed E-state index contributed by atoms with van der Waals surface area (Å²) in [5, 5.41) is 13.5. The Kier molecular flexibility index (Phi) is 6.22. The first kappa shape index (κ1) is 19.1. The van der Waals surface area contributed by atoms with E-state index in [0.29, 0.717) is 22.9 Å². The van der Waals surface area contributed by atoms with E-state index in [1.807, 2.05) is 16.8 Å².